The van der Waals surface area contributed by atoms with Gasteiger partial charge < -0.3 is 9.72 Å². The summed E-state index contributed by atoms with van der Waals surface area (Å²) >= 11 is 9.89. The fourth-order valence-corrected chi connectivity index (χ4v) is 5.40. The molecule has 4 aromatic rings. The molecule has 0 saturated carbocycles. The van der Waals surface area contributed by atoms with Crippen LogP contribution in [0.4, 0.5) is 13.2 Å². The lowest BCUT2D eigenvalue weighted by Gasteiger charge is -2.21. The minimum absolute atomic E-state index is 0.0952. The third kappa shape index (κ3) is 5.19. The predicted molar refractivity (Wildman–Crippen MR) is 137 cm³/mol. The molecule has 0 atom stereocenters. The van der Waals surface area contributed by atoms with Crippen molar-refractivity contribution in [2.45, 2.75) is 44.4 Å². The number of ether oxygens (including phenoxy) is 1. The first-order valence-electron chi connectivity index (χ1n) is 10.9. The van der Waals surface area contributed by atoms with Gasteiger partial charge in [0.05, 0.1) is 43.5 Å². The second kappa shape index (κ2) is 9.25. The third-order valence-electron chi connectivity index (χ3n) is 5.36. The summed E-state index contributed by atoms with van der Waals surface area (Å²) in [4.78, 5) is 23.8. The number of H-pyrrole nitrogens is 1. The highest BCUT2D eigenvalue weighted by molar-refractivity contribution is 9.10. The van der Waals surface area contributed by atoms with Crippen LogP contribution >= 0.6 is 27.5 Å². The van der Waals surface area contributed by atoms with Crippen LogP contribution in [-0.2, 0) is 20.8 Å². The fourth-order valence-electron chi connectivity index (χ4n) is 3.71. The number of carbonyl (C=O) groups is 1. The maximum atomic E-state index is 13.9. The minimum atomic E-state index is -4.94. The molecule has 1 aromatic carbocycles. The summed E-state index contributed by atoms with van der Waals surface area (Å²) < 4.78 is 73.6. The Labute approximate surface area is 223 Å². The van der Waals surface area contributed by atoms with Gasteiger partial charge in [-0.25, -0.2) is 18.2 Å². The minimum Gasteiger partial charge on any atom is -0.456 e. The van der Waals surface area contributed by atoms with Crippen LogP contribution in [0.2, 0.25) is 5.02 Å². The van der Waals surface area contributed by atoms with E-state index < -0.39 is 38.7 Å². The van der Waals surface area contributed by atoms with Gasteiger partial charge in [0, 0.05) is 16.1 Å². The molecular formula is C24H20BrClF3N3O4S. The van der Waals surface area contributed by atoms with Crippen LogP contribution in [0.15, 0.2) is 39.8 Å². The Balaban J connectivity index is 2.10. The molecule has 4 rings (SSSR count). The summed E-state index contributed by atoms with van der Waals surface area (Å²) in [5.74, 6) is -1.50. The molecule has 0 unspecified atom stereocenters. The van der Waals surface area contributed by atoms with Crippen LogP contribution in [-0.4, -0.2) is 40.7 Å². The van der Waals surface area contributed by atoms with Gasteiger partial charge in [-0.15, -0.1) is 0 Å². The monoisotopic (exact) mass is 617 g/mol. The van der Waals surface area contributed by atoms with Gasteiger partial charge in [0.25, 0.3) is 0 Å². The van der Waals surface area contributed by atoms with E-state index >= 15 is 0 Å². The maximum Gasteiger partial charge on any atom is 0.418 e. The number of aromatic amines is 1. The average Bonchev–Trinajstić information content (AvgIpc) is 3.12. The molecule has 3 heterocycles. The summed E-state index contributed by atoms with van der Waals surface area (Å²) in [6, 6.07) is 6.48. The first-order chi connectivity index (χ1) is 17.0. The Morgan fingerprint density at radius 3 is 2.46 bits per heavy atom. The summed E-state index contributed by atoms with van der Waals surface area (Å²) in [5.41, 5.74) is -3.54. The molecule has 1 N–H and O–H groups in total. The number of halogens is 5. The number of hydrogen-bond donors (Lipinski definition) is 1. The van der Waals surface area contributed by atoms with E-state index in [-0.39, 0.29) is 38.1 Å². The van der Waals surface area contributed by atoms with Gasteiger partial charge in [-0.2, -0.15) is 13.2 Å². The molecule has 0 bridgehead atoms. The molecule has 0 spiro atoms. The molecule has 0 amide bonds. The zero-order chi connectivity index (χ0) is 27.5. The highest BCUT2D eigenvalue weighted by Gasteiger charge is 2.39. The number of alkyl halides is 3. The fraction of sp³-hybridized carbons (Fsp3) is 0.292. The molecule has 0 fully saturated rings. The molecule has 13 heteroatoms. The molecule has 0 saturated heterocycles. The van der Waals surface area contributed by atoms with Gasteiger partial charge >= 0.3 is 12.1 Å². The Morgan fingerprint density at radius 2 is 1.86 bits per heavy atom. The molecule has 3 aromatic heterocycles. The van der Waals surface area contributed by atoms with E-state index in [2.05, 4.69) is 30.9 Å². The number of nitrogens with zero attached hydrogens (tertiary/aromatic N) is 2. The number of nitrogens with one attached hydrogen (secondary N) is 1. The second-order valence-electron chi connectivity index (χ2n) is 9.16. The van der Waals surface area contributed by atoms with Crippen molar-refractivity contribution in [2.75, 3.05) is 5.75 Å². The second-order valence-corrected chi connectivity index (χ2v) is 12.7. The number of esters is 1. The van der Waals surface area contributed by atoms with E-state index in [1.54, 1.807) is 18.2 Å². The normalized spacial score (nSPS) is 12.9. The summed E-state index contributed by atoms with van der Waals surface area (Å²) in [6.45, 7) is 6.00. The molecule has 7 nitrogen and oxygen atoms in total. The van der Waals surface area contributed by atoms with E-state index in [1.165, 1.54) is 33.8 Å². The number of hydrogen-bond acceptors (Lipinski definition) is 6. The largest absolute Gasteiger partial charge is 0.456 e. The lowest BCUT2D eigenvalue weighted by molar-refractivity contribution is -0.138. The molecule has 0 aliphatic heterocycles. The maximum absolute atomic E-state index is 13.9. The molecule has 37 heavy (non-hydrogen) atoms. The molecule has 0 aliphatic rings. The van der Waals surface area contributed by atoms with E-state index in [0.717, 1.165) is 0 Å². The first kappa shape index (κ1) is 27.3. The smallest absolute Gasteiger partial charge is 0.418 e. The van der Waals surface area contributed by atoms with Crippen molar-refractivity contribution in [3.8, 4) is 11.4 Å². The van der Waals surface area contributed by atoms with Crippen molar-refractivity contribution in [3.63, 3.8) is 0 Å². The number of carbonyl (C=O) groups excluding carboxylic acids is 1. The van der Waals surface area contributed by atoms with Crippen LogP contribution in [0, 0.1) is 0 Å². The molecule has 196 valence electrons. The van der Waals surface area contributed by atoms with Gasteiger partial charge in [0.1, 0.15) is 16.8 Å². The first-order valence-corrected chi connectivity index (χ1v) is 13.7. The van der Waals surface area contributed by atoms with Crippen LogP contribution in [0.25, 0.3) is 33.3 Å². The van der Waals surface area contributed by atoms with Gasteiger partial charge in [-0.3, -0.25) is 4.98 Å². The molecule has 0 radical (unpaired) electrons. The third-order valence-corrected chi connectivity index (χ3v) is 7.96. The zero-order valence-corrected chi connectivity index (χ0v) is 23.1. The van der Waals surface area contributed by atoms with Crippen molar-refractivity contribution < 1.29 is 31.1 Å². The Kier molecular flexibility index (Phi) is 6.83. The van der Waals surface area contributed by atoms with E-state index in [4.69, 9.17) is 16.3 Å². The lowest BCUT2D eigenvalue weighted by atomic mass is 10.1. The summed E-state index contributed by atoms with van der Waals surface area (Å²) in [6.07, 6.45) is -4.44. The number of benzene rings is 1. The standard InChI is InChI=1S/C24H20BrClF3N3O4S/c1-5-37(34,35)15-8-11-6-7-12(25)9-14(11)31-18(15)21-17(26)20-19(32-21)16(22(33)36-23(2,3)4)13(10-30-20)24(27,28)29/h6-10,32H,5H2,1-4H3. The van der Waals surface area contributed by atoms with Gasteiger partial charge in [0.2, 0.25) is 0 Å². The molecule has 0 aliphatic carbocycles. The van der Waals surface area contributed by atoms with Crippen LogP contribution in [0.1, 0.15) is 43.6 Å². The Morgan fingerprint density at radius 1 is 1.19 bits per heavy atom. The summed E-state index contributed by atoms with van der Waals surface area (Å²) in [5, 5.41) is 0.334. The predicted octanol–water partition coefficient (Wildman–Crippen LogP) is 6.96. The average molecular weight is 619 g/mol. The molecular weight excluding hydrogens is 599 g/mol. The number of rotatable bonds is 4. The van der Waals surface area contributed by atoms with E-state index in [9.17, 15) is 26.4 Å². The highest BCUT2D eigenvalue weighted by Crippen LogP contribution is 2.42. The number of aromatic nitrogens is 3. The lowest BCUT2D eigenvalue weighted by Crippen LogP contribution is -2.26. The Bertz CT molecular complexity index is 1680. The van der Waals surface area contributed by atoms with Gasteiger partial charge in [-0.05, 0) is 39.0 Å². The van der Waals surface area contributed by atoms with Crippen molar-refractivity contribution in [1.82, 2.24) is 15.0 Å². The van der Waals surface area contributed by atoms with Crippen molar-refractivity contribution in [2.24, 2.45) is 0 Å². The SMILES string of the molecule is CCS(=O)(=O)c1cc2ccc(Br)cc2nc1-c1[nH]c2c(C(=O)OC(C)(C)C)c(C(F)(F)F)cnc2c1Cl. The van der Waals surface area contributed by atoms with Crippen molar-refractivity contribution in [1.29, 1.82) is 0 Å². The summed E-state index contributed by atoms with van der Waals surface area (Å²) in [7, 11) is -3.86. The van der Waals surface area contributed by atoms with Crippen LogP contribution in [0.3, 0.4) is 0 Å². The number of pyridine rings is 2. The van der Waals surface area contributed by atoms with Gasteiger partial charge in [0.15, 0.2) is 9.84 Å². The van der Waals surface area contributed by atoms with E-state index in [0.29, 0.717) is 21.6 Å². The Hall–Kier alpha value is -2.70. The van der Waals surface area contributed by atoms with Crippen molar-refractivity contribution in [3.05, 3.63) is 51.1 Å². The van der Waals surface area contributed by atoms with E-state index in [1.807, 2.05) is 0 Å². The topological polar surface area (TPSA) is 102 Å². The number of sulfone groups is 1. The van der Waals surface area contributed by atoms with Gasteiger partial charge in [-0.1, -0.05) is 40.5 Å². The zero-order valence-electron chi connectivity index (χ0n) is 19.9. The van der Waals surface area contributed by atoms with Crippen molar-refractivity contribution >= 4 is 65.3 Å². The van der Waals surface area contributed by atoms with Crippen LogP contribution < -0.4 is 0 Å². The quantitative estimate of drug-likeness (QED) is 0.248. The van der Waals surface area contributed by atoms with Crippen LogP contribution in [0.5, 0.6) is 0 Å². The number of fused-ring (bicyclic) bond motifs is 2. The highest BCUT2D eigenvalue weighted by atomic mass is 79.9.